The molecule has 14 heavy (non-hydrogen) atoms. The molecule has 0 aromatic rings. The first kappa shape index (κ1) is 12.0. The monoisotopic (exact) mass is 199 g/mol. The highest BCUT2D eigenvalue weighted by Crippen LogP contribution is 2.41. The molecule has 0 spiro atoms. The minimum Gasteiger partial charge on any atom is -0.385 e. The Morgan fingerprint density at radius 2 is 1.86 bits per heavy atom. The number of hydrogen-bond acceptors (Lipinski definition) is 2. The smallest absolute Gasteiger partial charge is 0.0467 e. The summed E-state index contributed by atoms with van der Waals surface area (Å²) in [5.41, 5.74) is 0.544. The zero-order valence-electron chi connectivity index (χ0n) is 10.2. The van der Waals surface area contributed by atoms with Crippen molar-refractivity contribution < 1.29 is 4.74 Å². The van der Waals surface area contributed by atoms with E-state index in [0.29, 0.717) is 5.41 Å². The number of piperidine rings is 1. The van der Waals surface area contributed by atoms with Crippen LogP contribution in [0.4, 0.5) is 0 Å². The van der Waals surface area contributed by atoms with E-state index in [1.54, 1.807) is 0 Å². The van der Waals surface area contributed by atoms with Crippen molar-refractivity contribution in [2.24, 2.45) is 11.3 Å². The molecular weight excluding hydrogens is 174 g/mol. The predicted molar refractivity (Wildman–Crippen MR) is 60.5 cm³/mol. The summed E-state index contributed by atoms with van der Waals surface area (Å²) in [7, 11) is 4.03. The second-order valence-corrected chi connectivity index (χ2v) is 5.06. The lowest BCUT2D eigenvalue weighted by molar-refractivity contribution is 0.0367. The number of nitrogens with zero attached hydrogens (tertiary/aromatic N) is 1. The van der Waals surface area contributed by atoms with Crippen LogP contribution in [0.15, 0.2) is 0 Å². The van der Waals surface area contributed by atoms with Gasteiger partial charge in [-0.3, -0.25) is 0 Å². The Labute approximate surface area is 88.6 Å². The summed E-state index contributed by atoms with van der Waals surface area (Å²) < 4.78 is 5.23. The van der Waals surface area contributed by atoms with Crippen molar-refractivity contribution in [3.63, 3.8) is 0 Å². The maximum absolute atomic E-state index is 5.23. The van der Waals surface area contributed by atoms with E-state index in [1.807, 2.05) is 7.11 Å². The average molecular weight is 199 g/mol. The van der Waals surface area contributed by atoms with Gasteiger partial charge in [0.25, 0.3) is 0 Å². The van der Waals surface area contributed by atoms with Crippen molar-refractivity contribution in [2.75, 3.05) is 33.9 Å². The van der Waals surface area contributed by atoms with Gasteiger partial charge >= 0.3 is 0 Å². The third kappa shape index (κ3) is 2.71. The van der Waals surface area contributed by atoms with Crippen LogP contribution in [0.5, 0.6) is 0 Å². The molecule has 2 heteroatoms. The lowest BCUT2D eigenvalue weighted by Crippen LogP contribution is -2.41. The molecule has 1 rings (SSSR count). The number of rotatable bonds is 4. The molecule has 1 fully saturated rings. The Hall–Kier alpha value is -0.0800. The molecule has 0 N–H and O–H groups in total. The Kier molecular flexibility index (Phi) is 4.39. The molecule has 0 aliphatic carbocycles. The summed E-state index contributed by atoms with van der Waals surface area (Å²) in [6.45, 7) is 8.15. The molecule has 0 aromatic heterocycles. The van der Waals surface area contributed by atoms with Gasteiger partial charge in [-0.05, 0) is 50.7 Å². The van der Waals surface area contributed by atoms with E-state index >= 15 is 0 Å². The van der Waals surface area contributed by atoms with Gasteiger partial charge in [0, 0.05) is 13.7 Å². The molecule has 1 aliphatic rings. The highest BCUT2D eigenvalue weighted by molar-refractivity contribution is 4.87. The molecule has 0 saturated carbocycles. The van der Waals surface area contributed by atoms with E-state index in [-0.39, 0.29) is 0 Å². The van der Waals surface area contributed by atoms with Crippen LogP contribution in [-0.4, -0.2) is 38.8 Å². The third-order valence-corrected chi connectivity index (χ3v) is 4.01. The predicted octanol–water partition coefficient (Wildman–Crippen LogP) is 2.39. The maximum atomic E-state index is 5.23. The lowest BCUT2D eigenvalue weighted by Gasteiger charge is -2.44. The fourth-order valence-electron chi connectivity index (χ4n) is 2.49. The Balaban J connectivity index is 2.54. The molecule has 84 valence electrons. The number of hydrogen-bond donors (Lipinski definition) is 0. The van der Waals surface area contributed by atoms with E-state index in [9.17, 15) is 0 Å². The molecule has 0 aromatic carbocycles. The fraction of sp³-hybridized carbons (Fsp3) is 1.00. The molecule has 1 aliphatic heterocycles. The Bertz CT molecular complexity index is 154. The second-order valence-electron chi connectivity index (χ2n) is 5.06. The van der Waals surface area contributed by atoms with Crippen molar-refractivity contribution in [3.8, 4) is 0 Å². The number of methoxy groups -OCH3 is 1. The van der Waals surface area contributed by atoms with Crippen LogP contribution < -0.4 is 0 Å². The molecule has 0 atom stereocenters. The van der Waals surface area contributed by atoms with Gasteiger partial charge in [0.05, 0.1) is 0 Å². The lowest BCUT2D eigenvalue weighted by atomic mass is 9.68. The van der Waals surface area contributed by atoms with Crippen LogP contribution in [0.1, 0.15) is 33.1 Å². The van der Waals surface area contributed by atoms with Crippen LogP contribution in [0, 0.1) is 11.3 Å². The standard InChI is InChI=1S/C12H25NO/c1-11(2)12(7-10-14-4)5-8-13(3)9-6-12/h11H,5-10H2,1-4H3. The molecule has 0 amide bonds. The van der Waals surface area contributed by atoms with Gasteiger partial charge in [0.1, 0.15) is 0 Å². The first-order valence-electron chi connectivity index (χ1n) is 5.78. The minimum absolute atomic E-state index is 0.544. The zero-order chi connectivity index (χ0) is 10.6. The molecule has 2 nitrogen and oxygen atoms in total. The first-order valence-corrected chi connectivity index (χ1v) is 5.78. The van der Waals surface area contributed by atoms with Crippen molar-refractivity contribution in [1.29, 1.82) is 0 Å². The van der Waals surface area contributed by atoms with E-state index in [2.05, 4.69) is 25.8 Å². The zero-order valence-corrected chi connectivity index (χ0v) is 10.2. The summed E-state index contributed by atoms with van der Waals surface area (Å²) >= 11 is 0. The van der Waals surface area contributed by atoms with Crippen molar-refractivity contribution in [1.82, 2.24) is 4.90 Å². The van der Waals surface area contributed by atoms with E-state index in [1.165, 1.54) is 32.4 Å². The van der Waals surface area contributed by atoms with Gasteiger partial charge < -0.3 is 9.64 Å². The summed E-state index contributed by atoms with van der Waals surface area (Å²) in [4.78, 5) is 2.44. The molecule has 0 unspecified atom stereocenters. The summed E-state index contributed by atoms with van der Waals surface area (Å²) in [6, 6.07) is 0. The van der Waals surface area contributed by atoms with Gasteiger partial charge in [-0.1, -0.05) is 13.8 Å². The van der Waals surface area contributed by atoms with E-state index in [0.717, 1.165) is 12.5 Å². The molecule has 1 heterocycles. The fourth-order valence-corrected chi connectivity index (χ4v) is 2.49. The van der Waals surface area contributed by atoms with Gasteiger partial charge in [-0.15, -0.1) is 0 Å². The van der Waals surface area contributed by atoms with Gasteiger partial charge in [-0.2, -0.15) is 0 Å². The van der Waals surface area contributed by atoms with Crippen LogP contribution in [0.2, 0.25) is 0 Å². The highest BCUT2D eigenvalue weighted by atomic mass is 16.5. The van der Waals surface area contributed by atoms with Crippen molar-refractivity contribution in [3.05, 3.63) is 0 Å². The van der Waals surface area contributed by atoms with E-state index in [4.69, 9.17) is 4.74 Å². The van der Waals surface area contributed by atoms with Gasteiger partial charge in [-0.25, -0.2) is 0 Å². The first-order chi connectivity index (χ1) is 6.60. The van der Waals surface area contributed by atoms with Crippen LogP contribution >= 0.6 is 0 Å². The molecular formula is C12H25NO. The molecule has 0 radical (unpaired) electrons. The largest absolute Gasteiger partial charge is 0.385 e. The van der Waals surface area contributed by atoms with E-state index < -0.39 is 0 Å². The average Bonchev–Trinajstić information content (AvgIpc) is 2.17. The quantitative estimate of drug-likeness (QED) is 0.689. The number of likely N-dealkylation sites (tertiary alicyclic amines) is 1. The number of ether oxygens (including phenoxy) is 1. The SMILES string of the molecule is COCCC1(C(C)C)CCN(C)CC1. The topological polar surface area (TPSA) is 12.5 Å². The molecule has 0 bridgehead atoms. The highest BCUT2D eigenvalue weighted by Gasteiger charge is 2.35. The van der Waals surface area contributed by atoms with Crippen LogP contribution in [0.3, 0.4) is 0 Å². The summed E-state index contributed by atoms with van der Waals surface area (Å²) in [5, 5.41) is 0. The third-order valence-electron chi connectivity index (χ3n) is 4.01. The van der Waals surface area contributed by atoms with Crippen LogP contribution in [0.25, 0.3) is 0 Å². The Morgan fingerprint density at radius 1 is 1.29 bits per heavy atom. The Morgan fingerprint density at radius 3 is 2.29 bits per heavy atom. The van der Waals surface area contributed by atoms with Gasteiger partial charge in [0.15, 0.2) is 0 Å². The minimum atomic E-state index is 0.544. The van der Waals surface area contributed by atoms with Gasteiger partial charge in [0.2, 0.25) is 0 Å². The maximum Gasteiger partial charge on any atom is 0.0467 e. The summed E-state index contributed by atoms with van der Waals surface area (Å²) in [6.07, 6.45) is 3.91. The normalized spacial score (nSPS) is 22.9. The van der Waals surface area contributed by atoms with Crippen molar-refractivity contribution in [2.45, 2.75) is 33.1 Å². The second kappa shape index (κ2) is 5.13. The van der Waals surface area contributed by atoms with Crippen molar-refractivity contribution >= 4 is 0 Å². The van der Waals surface area contributed by atoms with Crippen LogP contribution in [-0.2, 0) is 4.74 Å². The summed E-state index contributed by atoms with van der Waals surface area (Å²) in [5.74, 6) is 0.784. The molecule has 1 saturated heterocycles.